The molecule has 0 spiro atoms. The van der Waals surface area contributed by atoms with E-state index in [1.165, 1.54) is 0 Å². The van der Waals surface area contributed by atoms with Crippen molar-refractivity contribution < 1.29 is 0 Å². The molecular formula is C5H5N2. The molecule has 0 amide bonds. The molecule has 1 heterocycles. The second kappa shape index (κ2) is 1.60. The lowest BCUT2D eigenvalue weighted by Gasteiger charge is -1.82. The lowest BCUT2D eigenvalue weighted by molar-refractivity contribution is 1.33. The Morgan fingerprint density at radius 2 is 2.57 bits per heavy atom. The molecule has 0 bridgehead atoms. The van der Waals surface area contributed by atoms with Crippen LogP contribution in [0.1, 0.15) is 0 Å². The number of nitrogens with zero attached hydrogens (tertiary/aromatic N) is 1. The fraction of sp³-hybridized carbons (Fsp3) is 0. The third-order valence-corrected chi connectivity index (χ3v) is 0.626. The fourth-order valence-corrected chi connectivity index (χ4v) is 0.337. The average molecular weight is 93.1 g/mol. The molecule has 0 fully saturated rings. The first kappa shape index (κ1) is 4.12. The highest BCUT2D eigenvalue weighted by Crippen LogP contribution is 1.88. The molecule has 0 saturated heterocycles. The predicted octanol–water partition coefficient (Wildman–Crippen LogP) is 0.464. The number of hydrogen-bond acceptors (Lipinski definition) is 2. The first-order chi connectivity index (χ1) is 3.39. The van der Waals surface area contributed by atoms with Gasteiger partial charge >= 0.3 is 0 Å². The molecule has 1 radical (unpaired) electrons. The minimum atomic E-state index is 0.516. The van der Waals surface area contributed by atoms with Crippen molar-refractivity contribution in [2.24, 2.45) is 0 Å². The Morgan fingerprint density at radius 1 is 1.71 bits per heavy atom. The molecule has 0 aliphatic carbocycles. The second-order valence-corrected chi connectivity index (χ2v) is 1.18. The third kappa shape index (κ3) is 0.892. The largest absolute Gasteiger partial charge is 0.384 e. The molecule has 2 N–H and O–H groups in total. The van der Waals surface area contributed by atoms with E-state index >= 15 is 0 Å². The van der Waals surface area contributed by atoms with E-state index in [-0.39, 0.29) is 0 Å². The number of hydrogen-bond donors (Lipinski definition) is 1. The van der Waals surface area contributed by atoms with E-state index in [2.05, 4.69) is 11.1 Å². The molecular weight excluding hydrogens is 88.1 g/mol. The van der Waals surface area contributed by atoms with Crippen LogP contribution in [0.4, 0.5) is 5.82 Å². The zero-order valence-corrected chi connectivity index (χ0v) is 3.76. The molecule has 1 rings (SSSR count). The summed E-state index contributed by atoms with van der Waals surface area (Å²) in [5.41, 5.74) is 5.22. The number of aromatic nitrogens is 1. The molecule has 0 unspecified atom stereocenters. The summed E-state index contributed by atoms with van der Waals surface area (Å²) in [5, 5.41) is 0. The van der Waals surface area contributed by atoms with Gasteiger partial charge in [0, 0.05) is 6.20 Å². The molecule has 2 nitrogen and oxygen atoms in total. The summed E-state index contributed by atoms with van der Waals surface area (Å²) in [4.78, 5) is 3.73. The van der Waals surface area contributed by atoms with E-state index < -0.39 is 0 Å². The maximum Gasteiger partial charge on any atom is 0.123 e. The van der Waals surface area contributed by atoms with Crippen molar-refractivity contribution in [1.82, 2.24) is 4.98 Å². The van der Waals surface area contributed by atoms with Crippen LogP contribution >= 0.6 is 0 Å². The van der Waals surface area contributed by atoms with E-state index in [1.807, 2.05) is 0 Å². The zero-order chi connectivity index (χ0) is 5.11. The first-order valence-corrected chi connectivity index (χ1v) is 1.97. The Hall–Kier alpha value is -1.05. The molecule has 35 valence electrons. The Balaban J connectivity index is 3.02. The monoisotopic (exact) mass is 93.0 g/mol. The van der Waals surface area contributed by atoms with Crippen LogP contribution in [0.25, 0.3) is 0 Å². The SMILES string of the molecule is Nc1c[c]ccn1. The van der Waals surface area contributed by atoms with Crippen LogP contribution in [0.5, 0.6) is 0 Å². The maximum atomic E-state index is 5.22. The highest BCUT2D eigenvalue weighted by Gasteiger charge is 1.74. The standard InChI is InChI=1S/C5H5N2/c6-5-3-1-2-4-7-5/h2-4H,(H2,6,7). The van der Waals surface area contributed by atoms with Crippen LogP contribution in [-0.2, 0) is 0 Å². The Bertz CT molecular complexity index is 136. The Labute approximate surface area is 42.0 Å². The number of nitrogen functional groups attached to an aromatic ring is 1. The van der Waals surface area contributed by atoms with Gasteiger partial charge in [-0.2, -0.15) is 0 Å². The van der Waals surface area contributed by atoms with Gasteiger partial charge in [0.2, 0.25) is 0 Å². The third-order valence-electron chi connectivity index (χ3n) is 0.626. The smallest absolute Gasteiger partial charge is 0.123 e. The molecule has 0 aliphatic heterocycles. The molecule has 0 saturated carbocycles. The molecule has 0 aromatic carbocycles. The molecule has 1 aromatic heterocycles. The second-order valence-electron chi connectivity index (χ2n) is 1.18. The lowest BCUT2D eigenvalue weighted by Crippen LogP contribution is -1.85. The summed E-state index contributed by atoms with van der Waals surface area (Å²) >= 11 is 0. The van der Waals surface area contributed by atoms with Gasteiger partial charge in [0.25, 0.3) is 0 Å². The Kier molecular flexibility index (Phi) is 0.941. The van der Waals surface area contributed by atoms with E-state index in [4.69, 9.17) is 5.73 Å². The van der Waals surface area contributed by atoms with Gasteiger partial charge in [-0.1, -0.05) is 0 Å². The van der Waals surface area contributed by atoms with Crippen molar-refractivity contribution in [3.8, 4) is 0 Å². The van der Waals surface area contributed by atoms with Gasteiger partial charge in [0.15, 0.2) is 0 Å². The van der Waals surface area contributed by atoms with Crippen molar-refractivity contribution >= 4 is 5.82 Å². The van der Waals surface area contributed by atoms with Gasteiger partial charge in [-0.05, 0) is 18.2 Å². The molecule has 7 heavy (non-hydrogen) atoms. The first-order valence-electron chi connectivity index (χ1n) is 1.97. The van der Waals surface area contributed by atoms with E-state index in [1.54, 1.807) is 18.3 Å². The molecule has 0 atom stereocenters. The van der Waals surface area contributed by atoms with Crippen LogP contribution in [0, 0.1) is 6.07 Å². The number of pyridine rings is 1. The quantitative estimate of drug-likeness (QED) is 0.506. The van der Waals surface area contributed by atoms with Crippen LogP contribution in [-0.4, -0.2) is 4.98 Å². The normalized spacial score (nSPS) is 8.57. The minimum Gasteiger partial charge on any atom is -0.384 e. The number of nitrogens with two attached hydrogens (primary N) is 1. The van der Waals surface area contributed by atoms with E-state index in [0.717, 1.165) is 0 Å². The molecule has 2 heteroatoms. The van der Waals surface area contributed by atoms with Crippen LogP contribution < -0.4 is 5.73 Å². The fourth-order valence-electron chi connectivity index (χ4n) is 0.337. The topological polar surface area (TPSA) is 38.9 Å². The van der Waals surface area contributed by atoms with Gasteiger partial charge in [-0.15, -0.1) is 0 Å². The summed E-state index contributed by atoms with van der Waals surface area (Å²) in [6, 6.07) is 6.10. The van der Waals surface area contributed by atoms with Crippen LogP contribution in [0.2, 0.25) is 0 Å². The number of anilines is 1. The van der Waals surface area contributed by atoms with Gasteiger partial charge in [-0.3, -0.25) is 0 Å². The Morgan fingerprint density at radius 3 is 2.86 bits per heavy atom. The van der Waals surface area contributed by atoms with Crippen molar-refractivity contribution in [1.29, 1.82) is 0 Å². The summed E-state index contributed by atoms with van der Waals surface area (Å²) in [6.45, 7) is 0. The highest BCUT2D eigenvalue weighted by molar-refractivity contribution is 5.24. The number of rotatable bonds is 0. The van der Waals surface area contributed by atoms with Crippen molar-refractivity contribution in [3.05, 3.63) is 24.4 Å². The molecule has 1 aromatic rings. The molecule has 0 aliphatic rings. The summed E-state index contributed by atoms with van der Waals surface area (Å²) in [7, 11) is 0. The van der Waals surface area contributed by atoms with Crippen molar-refractivity contribution in [2.75, 3.05) is 5.73 Å². The predicted molar refractivity (Wildman–Crippen MR) is 27.5 cm³/mol. The summed E-state index contributed by atoms with van der Waals surface area (Å²) in [5.74, 6) is 0.516. The van der Waals surface area contributed by atoms with Crippen molar-refractivity contribution in [3.63, 3.8) is 0 Å². The maximum absolute atomic E-state index is 5.22. The van der Waals surface area contributed by atoms with Gasteiger partial charge in [0.05, 0.1) is 0 Å². The highest BCUT2D eigenvalue weighted by atomic mass is 14.8. The van der Waals surface area contributed by atoms with E-state index in [9.17, 15) is 0 Å². The lowest BCUT2D eigenvalue weighted by atomic mass is 10.5. The average Bonchev–Trinajstić information content (AvgIpc) is 1.69. The summed E-state index contributed by atoms with van der Waals surface area (Å²) < 4.78 is 0. The van der Waals surface area contributed by atoms with Crippen molar-refractivity contribution in [2.45, 2.75) is 0 Å². The zero-order valence-electron chi connectivity index (χ0n) is 3.76. The van der Waals surface area contributed by atoms with Gasteiger partial charge in [-0.25, -0.2) is 4.98 Å². The van der Waals surface area contributed by atoms with Crippen LogP contribution in [0.3, 0.4) is 0 Å². The van der Waals surface area contributed by atoms with Crippen LogP contribution in [0.15, 0.2) is 18.3 Å². The van der Waals surface area contributed by atoms with E-state index in [0.29, 0.717) is 5.82 Å². The van der Waals surface area contributed by atoms with Gasteiger partial charge < -0.3 is 5.73 Å². The van der Waals surface area contributed by atoms with Gasteiger partial charge in [0.1, 0.15) is 5.82 Å². The summed E-state index contributed by atoms with van der Waals surface area (Å²) in [6.07, 6.45) is 1.61. The minimum absolute atomic E-state index is 0.516.